The van der Waals surface area contributed by atoms with Crippen molar-refractivity contribution in [3.05, 3.63) is 45.3 Å². The van der Waals surface area contributed by atoms with Gasteiger partial charge in [-0.2, -0.15) is 0 Å². The van der Waals surface area contributed by atoms with Crippen LogP contribution in [0, 0.1) is 3.63 Å². The van der Waals surface area contributed by atoms with Crippen LogP contribution >= 0.6 is 0 Å². The van der Waals surface area contributed by atoms with Gasteiger partial charge >= 0.3 is 197 Å². The molecule has 1 heterocycles. The zero-order valence-corrected chi connectivity index (χ0v) is 21.1. The Balaban J connectivity index is 1.91. The van der Waals surface area contributed by atoms with Gasteiger partial charge in [0.25, 0.3) is 0 Å². The zero-order valence-electron chi connectivity index (χ0n) is 19.6. The molecule has 1 aromatic carbocycles. The molecule has 0 unspecified atom stereocenters. The summed E-state index contributed by atoms with van der Waals surface area (Å²) in [4.78, 5) is 0. The van der Waals surface area contributed by atoms with E-state index in [0.717, 1.165) is 0 Å². The summed E-state index contributed by atoms with van der Waals surface area (Å²) in [5.41, 5.74) is 4.28. The van der Waals surface area contributed by atoms with Crippen molar-refractivity contribution in [3.8, 4) is 5.69 Å². The summed E-state index contributed by atoms with van der Waals surface area (Å²) >= 11 is 4.02. The maximum atomic E-state index is 4.02. The summed E-state index contributed by atoms with van der Waals surface area (Å²) in [6.07, 6.45) is 19.8. The van der Waals surface area contributed by atoms with E-state index < -0.39 is 0 Å². The van der Waals surface area contributed by atoms with E-state index in [2.05, 4.69) is 88.0 Å². The molecule has 0 saturated heterocycles. The van der Waals surface area contributed by atoms with Crippen LogP contribution < -0.4 is 0 Å². The molecule has 30 heavy (non-hydrogen) atoms. The Morgan fingerprint density at radius 1 is 0.767 bits per heavy atom. The molecule has 0 aliphatic heterocycles. The molecule has 1 aliphatic carbocycles. The summed E-state index contributed by atoms with van der Waals surface area (Å²) in [5.74, 6) is 1.04. The monoisotopic (exact) mass is 501 g/mol. The first-order chi connectivity index (χ1) is 14.5. The van der Waals surface area contributed by atoms with Crippen molar-refractivity contribution >= 4 is 0 Å². The predicted octanol–water partition coefficient (Wildman–Crippen LogP) is 8.45. The Hall–Kier alpha value is -0.830. The van der Waals surface area contributed by atoms with Gasteiger partial charge in [0.05, 0.1) is 0 Å². The number of imidazole rings is 1. The first kappa shape index (κ1) is 23.8. The molecule has 2 nitrogen and oxygen atoms in total. The van der Waals surface area contributed by atoms with E-state index in [1.165, 1.54) is 91.1 Å². The van der Waals surface area contributed by atoms with E-state index in [9.17, 15) is 0 Å². The predicted molar refractivity (Wildman–Crippen MR) is 125 cm³/mol. The van der Waals surface area contributed by atoms with Gasteiger partial charge in [-0.1, -0.05) is 0 Å². The molecule has 0 N–H and O–H groups in total. The third-order valence-corrected chi connectivity index (χ3v) is 7.53. The Labute approximate surface area is 196 Å². The number of rotatable bonds is 4. The molecule has 0 bridgehead atoms. The average molecular weight is 503 g/mol. The Morgan fingerprint density at radius 3 is 1.87 bits per heavy atom. The molecule has 1 aromatic heterocycles. The van der Waals surface area contributed by atoms with Crippen LogP contribution in [-0.4, -0.2) is 9.13 Å². The molecule has 3 heteroatoms. The molecular formula is C27H42AgN2. The molecule has 0 amide bonds. The topological polar surface area (TPSA) is 9.86 Å². The van der Waals surface area contributed by atoms with Gasteiger partial charge in [-0.3, -0.25) is 0 Å². The molecule has 0 radical (unpaired) electrons. The number of hydrogen-bond donors (Lipinski definition) is 0. The Morgan fingerprint density at radius 2 is 1.33 bits per heavy atom. The fourth-order valence-corrected chi connectivity index (χ4v) is 5.81. The number of benzene rings is 1. The third kappa shape index (κ3) is 5.90. The fourth-order valence-electron chi connectivity index (χ4n) is 5.14. The van der Waals surface area contributed by atoms with Gasteiger partial charge in [-0.25, -0.2) is 0 Å². The van der Waals surface area contributed by atoms with Crippen LogP contribution in [0.1, 0.15) is 127 Å². The first-order valence-corrected chi connectivity index (χ1v) is 13.1. The van der Waals surface area contributed by atoms with Gasteiger partial charge in [-0.05, 0) is 0 Å². The minimum atomic E-state index is 0.502. The average Bonchev–Trinajstić information content (AvgIpc) is 3.09. The van der Waals surface area contributed by atoms with Gasteiger partial charge in [-0.15, -0.1) is 0 Å². The van der Waals surface area contributed by atoms with E-state index >= 15 is 0 Å². The molecule has 171 valence electrons. The van der Waals surface area contributed by atoms with Crippen molar-refractivity contribution in [3.63, 3.8) is 0 Å². The van der Waals surface area contributed by atoms with Crippen LogP contribution in [0.5, 0.6) is 0 Å². The quantitative estimate of drug-likeness (QED) is 0.371. The molecule has 1 aliphatic rings. The van der Waals surface area contributed by atoms with Crippen LogP contribution in [0.2, 0.25) is 0 Å². The van der Waals surface area contributed by atoms with Crippen LogP contribution in [-0.2, 0) is 20.6 Å². The normalized spacial score (nSPS) is 17.9. The summed E-state index contributed by atoms with van der Waals surface area (Å²) in [6.45, 7) is 9.26. The molecular weight excluding hydrogens is 460 g/mol. The minimum absolute atomic E-state index is 0.502. The van der Waals surface area contributed by atoms with Crippen molar-refractivity contribution < 1.29 is 20.6 Å². The molecule has 3 rings (SSSR count). The van der Waals surface area contributed by atoms with Crippen molar-refractivity contribution in [1.82, 2.24) is 9.13 Å². The number of nitrogens with zero attached hydrogens (tertiary/aromatic N) is 2. The van der Waals surface area contributed by atoms with E-state index in [-0.39, 0.29) is 0 Å². The Bertz CT molecular complexity index is 831. The van der Waals surface area contributed by atoms with Gasteiger partial charge in [0.15, 0.2) is 0 Å². The second kappa shape index (κ2) is 11.7. The SMILES string of the molecule is CC(C)c1cccc(-n2ccn(C3CCCCCCCCCCC3)[c]2=[Ag])c1C(C)C. The van der Waals surface area contributed by atoms with Gasteiger partial charge in [0.2, 0.25) is 0 Å². The number of hydrogen-bond acceptors (Lipinski definition) is 0. The van der Waals surface area contributed by atoms with Crippen molar-refractivity contribution in [2.24, 2.45) is 0 Å². The van der Waals surface area contributed by atoms with E-state index in [0.29, 0.717) is 17.9 Å². The summed E-state index contributed by atoms with van der Waals surface area (Å²) in [6, 6.07) is 7.43. The van der Waals surface area contributed by atoms with Gasteiger partial charge < -0.3 is 0 Å². The van der Waals surface area contributed by atoms with E-state index in [4.69, 9.17) is 0 Å². The van der Waals surface area contributed by atoms with Crippen molar-refractivity contribution in [2.45, 2.75) is 116 Å². The standard InChI is InChI=1S/C27H42N2.Ag/c1-22(2)25-17-14-18-26(27(25)23(3)4)29-20-19-28(21-29)24-15-12-10-8-6-5-7-9-11-13-16-24;/h14,17-20,22-24H,5-13,15-16H2,1-4H3;. The van der Waals surface area contributed by atoms with Crippen LogP contribution in [0.4, 0.5) is 0 Å². The third-order valence-electron chi connectivity index (χ3n) is 6.79. The maximum absolute atomic E-state index is 4.02. The first-order valence-electron chi connectivity index (χ1n) is 12.4. The molecule has 0 spiro atoms. The second-order valence-electron chi connectivity index (χ2n) is 9.81. The van der Waals surface area contributed by atoms with Gasteiger partial charge in [0.1, 0.15) is 0 Å². The van der Waals surface area contributed by atoms with Crippen LogP contribution in [0.3, 0.4) is 0 Å². The van der Waals surface area contributed by atoms with Crippen LogP contribution in [0.15, 0.2) is 30.6 Å². The number of aromatic nitrogens is 2. The molecule has 2 aromatic rings. The summed E-state index contributed by atoms with van der Waals surface area (Å²) < 4.78 is 6.08. The van der Waals surface area contributed by atoms with Gasteiger partial charge in [0, 0.05) is 0 Å². The summed E-state index contributed by atoms with van der Waals surface area (Å²) in [7, 11) is 0. The molecule has 1 fully saturated rings. The Kier molecular flexibility index (Phi) is 9.29. The summed E-state index contributed by atoms with van der Waals surface area (Å²) in [5, 5.41) is 0. The van der Waals surface area contributed by atoms with E-state index in [1.54, 1.807) is 0 Å². The molecule has 1 saturated carbocycles. The van der Waals surface area contributed by atoms with E-state index in [1.807, 2.05) is 0 Å². The van der Waals surface area contributed by atoms with Crippen molar-refractivity contribution in [1.29, 1.82) is 0 Å². The van der Waals surface area contributed by atoms with Crippen molar-refractivity contribution in [2.75, 3.05) is 0 Å². The molecule has 0 atom stereocenters. The fraction of sp³-hybridized carbons (Fsp3) is 0.667. The zero-order chi connectivity index (χ0) is 21.5. The van der Waals surface area contributed by atoms with Crippen LogP contribution in [0.25, 0.3) is 5.69 Å². The second-order valence-corrected chi connectivity index (χ2v) is 10.5.